The van der Waals surface area contributed by atoms with Crippen LogP contribution in [-0.4, -0.2) is 65.7 Å². The predicted molar refractivity (Wildman–Crippen MR) is 58.7 cm³/mol. The lowest BCUT2D eigenvalue weighted by Crippen LogP contribution is -2.51. The fourth-order valence-corrected chi connectivity index (χ4v) is 2.41. The van der Waals surface area contributed by atoms with Crippen LogP contribution >= 0.6 is 0 Å². The van der Waals surface area contributed by atoms with Crippen LogP contribution in [0.15, 0.2) is 16.8 Å². The summed E-state index contributed by atoms with van der Waals surface area (Å²) in [7, 11) is 1.74. The lowest BCUT2D eigenvalue weighted by molar-refractivity contribution is -0.150. The summed E-state index contributed by atoms with van der Waals surface area (Å²) in [6, 6.07) is 1.46. The van der Waals surface area contributed by atoms with E-state index in [0.29, 0.717) is 13.1 Å². The topological polar surface area (TPSA) is 75.9 Å². The van der Waals surface area contributed by atoms with Crippen molar-refractivity contribution in [3.05, 3.63) is 18.0 Å². The van der Waals surface area contributed by atoms with Gasteiger partial charge in [0.25, 0.3) is 5.91 Å². The van der Waals surface area contributed by atoms with E-state index in [-0.39, 0.29) is 36.3 Å². The zero-order chi connectivity index (χ0) is 12.7. The van der Waals surface area contributed by atoms with Crippen LogP contribution in [0.1, 0.15) is 10.6 Å². The summed E-state index contributed by atoms with van der Waals surface area (Å²) in [4.78, 5) is 26.9. The molecule has 1 aromatic heterocycles. The first-order valence-corrected chi connectivity index (χ1v) is 5.74. The molecule has 0 spiro atoms. The molecule has 1 aromatic rings. The van der Waals surface area contributed by atoms with E-state index in [1.165, 1.54) is 12.3 Å². The van der Waals surface area contributed by atoms with E-state index >= 15 is 0 Å². The van der Waals surface area contributed by atoms with Gasteiger partial charge in [0.1, 0.15) is 6.61 Å². The number of amides is 2. The van der Waals surface area contributed by atoms with Gasteiger partial charge in [0.05, 0.1) is 18.3 Å². The highest BCUT2D eigenvalue weighted by molar-refractivity contribution is 5.91. The average Bonchev–Trinajstić information content (AvgIpc) is 3.01. The maximum atomic E-state index is 12.1. The van der Waals surface area contributed by atoms with Gasteiger partial charge in [-0.3, -0.25) is 9.59 Å². The molecule has 0 unspecified atom stereocenters. The third-order valence-corrected chi connectivity index (χ3v) is 3.48. The van der Waals surface area contributed by atoms with E-state index < -0.39 is 0 Å². The summed E-state index contributed by atoms with van der Waals surface area (Å²) >= 11 is 0. The summed E-state index contributed by atoms with van der Waals surface area (Å²) in [5.74, 6) is -0.0563. The minimum Gasteiger partial charge on any atom is -0.364 e. The van der Waals surface area contributed by atoms with E-state index in [1.54, 1.807) is 16.8 Å². The van der Waals surface area contributed by atoms with E-state index in [4.69, 9.17) is 9.26 Å². The molecule has 2 saturated heterocycles. The van der Waals surface area contributed by atoms with E-state index in [0.717, 1.165) is 0 Å². The molecule has 2 amide bonds. The van der Waals surface area contributed by atoms with Crippen LogP contribution in [0.2, 0.25) is 0 Å². The number of ether oxygens (including phenoxy) is 1. The number of morpholine rings is 1. The number of rotatable bonds is 1. The molecule has 0 bridgehead atoms. The zero-order valence-electron chi connectivity index (χ0n) is 9.91. The number of hydrogen-bond acceptors (Lipinski definition) is 5. The van der Waals surface area contributed by atoms with E-state index in [2.05, 4.69) is 5.16 Å². The molecule has 7 nitrogen and oxygen atoms in total. The Morgan fingerprint density at radius 3 is 3.06 bits per heavy atom. The van der Waals surface area contributed by atoms with Gasteiger partial charge in [-0.05, 0) is 0 Å². The maximum absolute atomic E-state index is 12.1. The second-order valence-corrected chi connectivity index (χ2v) is 4.51. The highest BCUT2D eigenvalue weighted by atomic mass is 16.5. The fraction of sp³-hybridized carbons (Fsp3) is 0.545. The Morgan fingerprint density at radius 1 is 1.50 bits per heavy atom. The number of carbonyl (C=O) groups is 2. The Kier molecular flexibility index (Phi) is 2.55. The molecule has 18 heavy (non-hydrogen) atoms. The van der Waals surface area contributed by atoms with E-state index in [9.17, 15) is 9.59 Å². The summed E-state index contributed by atoms with van der Waals surface area (Å²) in [6.07, 6.45) is 1.32. The smallest absolute Gasteiger partial charge is 0.292 e. The van der Waals surface area contributed by atoms with Crippen molar-refractivity contribution >= 4 is 11.8 Å². The summed E-state index contributed by atoms with van der Waals surface area (Å²) < 4.78 is 10.3. The second-order valence-electron chi connectivity index (χ2n) is 4.51. The summed E-state index contributed by atoms with van der Waals surface area (Å²) in [5, 5.41) is 3.51. The summed E-state index contributed by atoms with van der Waals surface area (Å²) in [5.41, 5.74) is 0. The van der Waals surface area contributed by atoms with Crippen LogP contribution in [0.4, 0.5) is 0 Å². The van der Waals surface area contributed by atoms with Crippen molar-refractivity contribution in [2.45, 2.75) is 12.1 Å². The van der Waals surface area contributed by atoms with Gasteiger partial charge >= 0.3 is 0 Å². The third-order valence-electron chi connectivity index (χ3n) is 3.48. The van der Waals surface area contributed by atoms with Gasteiger partial charge in [-0.2, -0.15) is 0 Å². The molecular weight excluding hydrogens is 238 g/mol. The van der Waals surface area contributed by atoms with Crippen molar-refractivity contribution in [1.82, 2.24) is 15.0 Å². The normalized spacial score (nSPS) is 27.5. The van der Waals surface area contributed by atoms with Crippen molar-refractivity contribution in [2.75, 3.05) is 26.7 Å². The molecule has 0 radical (unpaired) electrons. The van der Waals surface area contributed by atoms with Crippen molar-refractivity contribution in [3.63, 3.8) is 0 Å². The molecular formula is C11H13N3O4. The molecule has 96 valence electrons. The molecule has 2 aliphatic heterocycles. The second kappa shape index (κ2) is 4.09. The molecule has 0 saturated carbocycles. The van der Waals surface area contributed by atoms with Gasteiger partial charge in [0, 0.05) is 26.2 Å². The van der Waals surface area contributed by atoms with Gasteiger partial charge in [-0.1, -0.05) is 5.16 Å². The molecule has 2 atom stereocenters. The molecule has 2 fully saturated rings. The molecule has 0 aliphatic carbocycles. The number of nitrogens with zero attached hydrogens (tertiary/aromatic N) is 3. The first-order chi connectivity index (χ1) is 8.66. The standard InChI is InChI=1S/C11H13N3O4/c1-13-7-4-14(5-9(7)17-6-10(13)15)11(16)8-2-3-12-18-8/h2-3,7,9H,4-6H2,1H3/t7-,9-/m1/s1. The number of carbonyl (C=O) groups excluding carboxylic acids is 2. The number of likely N-dealkylation sites (N-methyl/N-ethyl adjacent to an activating group) is 1. The van der Waals surface area contributed by atoms with Gasteiger partial charge < -0.3 is 19.1 Å². The fourth-order valence-electron chi connectivity index (χ4n) is 2.41. The zero-order valence-corrected chi connectivity index (χ0v) is 9.91. The molecule has 0 aromatic carbocycles. The first-order valence-electron chi connectivity index (χ1n) is 5.74. The SMILES string of the molecule is CN1C(=O)CO[C@@H]2CN(C(=O)c3ccno3)C[C@H]21. The molecule has 3 rings (SSSR count). The molecule has 7 heteroatoms. The summed E-state index contributed by atoms with van der Waals surface area (Å²) in [6.45, 7) is 1.02. The quantitative estimate of drug-likeness (QED) is 0.663. The van der Waals surface area contributed by atoms with Crippen molar-refractivity contribution in [3.8, 4) is 0 Å². The Hall–Kier alpha value is -1.89. The predicted octanol–water partition coefficient (Wildman–Crippen LogP) is -0.644. The van der Waals surface area contributed by atoms with Crippen LogP contribution in [0.5, 0.6) is 0 Å². The Balaban J connectivity index is 1.75. The van der Waals surface area contributed by atoms with Crippen LogP contribution < -0.4 is 0 Å². The highest BCUT2D eigenvalue weighted by Crippen LogP contribution is 2.23. The number of fused-ring (bicyclic) bond motifs is 1. The minimum absolute atomic E-state index is 0.0507. The van der Waals surface area contributed by atoms with Crippen LogP contribution in [0.25, 0.3) is 0 Å². The van der Waals surface area contributed by atoms with Crippen LogP contribution in [0.3, 0.4) is 0 Å². The van der Waals surface area contributed by atoms with Crippen LogP contribution in [0, 0.1) is 0 Å². The lowest BCUT2D eigenvalue weighted by atomic mass is 10.1. The van der Waals surface area contributed by atoms with Crippen molar-refractivity contribution < 1.29 is 18.8 Å². The Bertz CT molecular complexity index is 473. The third kappa shape index (κ3) is 1.67. The minimum atomic E-state index is -0.216. The lowest BCUT2D eigenvalue weighted by Gasteiger charge is -2.33. The van der Waals surface area contributed by atoms with Gasteiger partial charge in [-0.25, -0.2) is 0 Å². The van der Waals surface area contributed by atoms with Gasteiger partial charge in [0.15, 0.2) is 0 Å². The van der Waals surface area contributed by atoms with Crippen molar-refractivity contribution in [2.24, 2.45) is 0 Å². The monoisotopic (exact) mass is 251 g/mol. The first kappa shape index (κ1) is 11.2. The number of likely N-dealkylation sites (tertiary alicyclic amines) is 1. The number of aromatic nitrogens is 1. The Labute approximate surface area is 103 Å². The number of hydrogen-bond donors (Lipinski definition) is 0. The highest BCUT2D eigenvalue weighted by Gasteiger charge is 2.43. The molecule has 0 N–H and O–H groups in total. The van der Waals surface area contributed by atoms with Gasteiger partial charge in [0.2, 0.25) is 11.7 Å². The van der Waals surface area contributed by atoms with Crippen molar-refractivity contribution in [1.29, 1.82) is 0 Å². The molecule has 3 heterocycles. The average molecular weight is 251 g/mol. The molecule has 2 aliphatic rings. The van der Waals surface area contributed by atoms with E-state index in [1.807, 2.05) is 0 Å². The largest absolute Gasteiger partial charge is 0.364 e. The van der Waals surface area contributed by atoms with Gasteiger partial charge in [-0.15, -0.1) is 0 Å². The Morgan fingerprint density at radius 2 is 2.33 bits per heavy atom. The van der Waals surface area contributed by atoms with Crippen LogP contribution in [-0.2, 0) is 9.53 Å². The maximum Gasteiger partial charge on any atom is 0.292 e.